The lowest BCUT2D eigenvalue weighted by Crippen LogP contribution is -2.58. The van der Waals surface area contributed by atoms with Gasteiger partial charge in [-0.3, -0.25) is 14.8 Å². The zero-order valence-corrected chi connectivity index (χ0v) is 7.24. The molecule has 0 aromatic carbocycles. The fraction of sp³-hybridized carbons (Fsp3) is 0.714. The molecule has 0 bridgehead atoms. The number of hydrogen-bond donors (Lipinski definition) is 1. The second-order valence-corrected chi connectivity index (χ2v) is 3.21. The van der Waals surface area contributed by atoms with E-state index in [2.05, 4.69) is 10.5 Å². The molecule has 0 radical (unpaired) electrons. The number of amides is 1. The molecule has 2 aliphatic rings. The van der Waals surface area contributed by atoms with Crippen molar-refractivity contribution in [1.29, 1.82) is 0 Å². The Labute approximate surface area is 71.0 Å². The van der Waals surface area contributed by atoms with E-state index in [1.54, 1.807) is 12.1 Å². The third-order valence-corrected chi connectivity index (χ3v) is 2.23. The van der Waals surface area contributed by atoms with Gasteiger partial charge in [-0.15, -0.1) is 0 Å². The largest absolute Gasteiger partial charge is 0.278 e. The van der Waals surface area contributed by atoms with Crippen molar-refractivity contribution in [1.82, 2.24) is 15.4 Å². The number of nitrogens with one attached hydrogen (secondary N) is 1. The number of fused-ring (bicyclic) bond motifs is 1. The summed E-state index contributed by atoms with van der Waals surface area (Å²) in [7, 11) is 1.74. The van der Waals surface area contributed by atoms with Gasteiger partial charge in [-0.1, -0.05) is 0 Å². The third-order valence-electron chi connectivity index (χ3n) is 2.23. The van der Waals surface area contributed by atoms with Gasteiger partial charge in [-0.05, 0) is 6.92 Å². The zero-order chi connectivity index (χ0) is 8.72. The maximum Gasteiger partial charge on any atom is 0.261 e. The minimum Gasteiger partial charge on any atom is -0.278 e. The van der Waals surface area contributed by atoms with Crippen molar-refractivity contribution in [2.75, 3.05) is 13.7 Å². The fourth-order valence-electron chi connectivity index (χ4n) is 1.56. The molecule has 0 spiro atoms. The van der Waals surface area contributed by atoms with E-state index in [-0.39, 0.29) is 11.9 Å². The van der Waals surface area contributed by atoms with Gasteiger partial charge in [-0.25, -0.2) is 5.43 Å². The van der Waals surface area contributed by atoms with E-state index in [1.807, 2.05) is 6.92 Å². The van der Waals surface area contributed by atoms with Crippen LogP contribution in [-0.4, -0.2) is 41.4 Å². The van der Waals surface area contributed by atoms with Crippen LogP contribution in [-0.2, 0) is 4.79 Å². The van der Waals surface area contributed by atoms with Gasteiger partial charge in [0.2, 0.25) is 0 Å². The van der Waals surface area contributed by atoms with Gasteiger partial charge in [0.05, 0.1) is 0 Å². The molecule has 0 saturated carbocycles. The quantitative estimate of drug-likeness (QED) is 0.524. The molecule has 1 N–H and O–H groups in total. The predicted octanol–water partition coefficient (Wildman–Crippen LogP) is -0.629. The highest BCUT2D eigenvalue weighted by Gasteiger charge is 2.36. The number of hydrazone groups is 1. The second kappa shape index (κ2) is 2.45. The Kier molecular flexibility index (Phi) is 1.54. The Bertz CT molecular complexity index is 250. The Balaban J connectivity index is 2.17. The van der Waals surface area contributed by atoms with E-state index in [9.17, 15) is 4.79 Å². The second-order valence-electron chi connectivity index (χ2n) is 3.21. The minimum absolute atomic E-state index is 0.0590. The van der Waals surface area contributed by atoms with Crippen LogP contribution in [0.3, 0.4) is 0 Å². The van der Waals surface area contributed by atoms with Crippen LogP contribution in [0.4, 0.5) is 0 Å². The summed E-state index contributed by atoms with van der Waals surface area (Å²) in [5.41, 5.74) is 3.96. The summed E-state index contributed by atoms with van der Waals surface area (Å²) in [6.07, 6.45) is 0.769. The number of rotatable bonds is 0. The van der Waals surface area contributed by atoms with Crippen LogP contribution >= 0.6 is 0 Å². The first kappa shape index (κ1) is 7.54. The molecule has 5 heteroatoms. The molecule has 2 aliphatic heterocycles. The molecule has 66 valence electrons. The Morgan fingerprint density at radius 3 is 3.17 bits per heavy atom. The zero-order valence-electron chi connectivity index (χ0n) is 7.24. The third kappa shape index (κ3) is 0.972. The summed E-state index contributed by atoms with van der Waals surface area (Å²) < 4.78 is 0. The molecular weight excluding hydrogens is 156 g/mol. The lowest BCUT2D eigenvalue weighted by atomic mass is 10.1. The SMILES string of the molecule is CC1=NN2CNN(C)C(=O)C2C1. The molecule has 1 unspecified atom stereocenters. The molecule has 1 saturated heterocycles. The predicted molar refractivity (Wildman–Crippen MR) is 44.1 cm³/mol. The fourth-order valence-corrected chi connectivity index (χ4v) is 1.56. The number of hydrogen-bond acceptors (Lipinski definition) is 4. The Hall–Kier alpha value is -1.10. The molecule has 0 aromatic rings. The van der Waals surface area contributed by atoms with Crippen LogP contribution in [0.15, 0.2) is 5.10 Å². The van der Waals surface area contributed by atoms with Gasteiger partial charge >= 0.3 is 0 Å². The summed E-state index contributed by atoms with van der Waals surface area (Å²) in [5, 5.41) is 7.58. The van der Waals surface area contributed by atoms with Gasteiger partial charge in [-0.2, -0.15) is 5.10 Å². The van der Waals surface area contributed by atoms with Gasteiger partial charge < -0.3 is 0 Å². The van der Waals surface area contributed by atoms with E-state index in [0.29, 0.717) is 6.67 Å². The number of likely N-dealkylation sites (N-methyl/N-ethyl adjacent to an activating group) is 1. The van der Waals surface area contributed by atoms with E-state index in [0.717, 1.165) is 12.1 Å². The van der Waals surface area contributed by atoms with Crippen LogP contribution in [0.5, 0.6) is 0 Å². The van der Waals surface area contributed by atoms with Crippen molar-refractivity contribution >= 4 is 11.6 Å². The van der Waals surface area contributed by atoms with Crippen LogP contribution < -0.4 is 5.43 Å². The summed E-state index contributed by atoms with van der Waals surface area (Å²) in [4.78, 5) is 11.5. The highest BCUT2D eigenvalue weighted by Crippen LogP contribution is 2.18. The smallest absolute Gasteiger partial charge is 0.261 e. The first-order valence-electron chi connectivity index (χ1n) is 4.00. The molecule has 2 rings (SSSR count). The summed E-state index contributed by atoms with van der Waals surface area (Å²) in [6, 6.07) is -0.0590. The molecule has 0 aliphatic carbocycles. The average Bonchev–Trinajstić information content (AvgIpc) is 2.39. The molecule has 5 nitrogen and oxygen atoms in total. The van der Waals surface area contributed by atoms with Crippen molar-refractivity contribution in [3.8, 4) is 0 Å². The molecule has 12 heavy (non-hydrogen) atoms. The van der Waals surface area contributed by atoms with Gasteiger partial charge in [0.15, 0.2) is 0 Å². The number of hydrazine groups is 1. The lowest BCUT2D eigenvalue weighted by Gasteiger charge is -2.34. The highest BCUT2D eigenvalue weighted by atomic mass is 16.2. The monoisotopic (exact) mass is 168 g/mol. The number of carbonyl (C=O) groups excluding carboxylic acids is 1. The molecule has 1 amide bonds. The summed E-state index contributed by atoms with van der Waals surface area (Å²) in [6.45, 7) is 2.58. The van der Waals surface area contributed by atoms with Gasteiger partial charge in [0.1, 0.15) is 12.7 Å². The van der Waals surface area contributed by atoms with E-state index in [4.69, 9.17) is 0 Å². The van der Waals surface area contributed by atoms with Gasteiger partial charge in [0, 0.05) is 19.2 Å². The highest BCUT2D eigenvalue weighted by molar-refractivity contribution is 5.92. The van der Waals surface area contributed by atoms with Crippen LogP contribution in [0.25, 0.3) is 0 Å². The maximum atomic E-state index is 11.5. The van der Waals surface area contributed by atoms with E-state index < -0.39 is 0 Å². The summed E-state index contributed by atoms with van der Waals surface area (Å²) >= 11 is 0. The van der Waals surface area contributed by atoms with Crippen molar-refractivity contribution < 1.29 is 4.79 Å². The van der Waals surface area contributed by atoms with Crippen molar-refractivity contribution in [2.24, 2.45) is 5.10 Å². The van der Waals surface area contributed by atoms with Crippen LogP contribution in [0.1, 0.15) is 13.3 Å². The molecule has 1 atom stereocenters. The average molecular weight is 168 g/mol. The summed E-state index contributed by atoms with van der Waals surface area (Å²) in [5.74, 6) is 0.0989. The molecule has 1 fully saturated rings. The van der Waals surface area contributed by atoms with Crippen molar-refractivity contribution in [3.63, 3.8) is 0 Å². The first-order chi connectivity index (χ1) is 5.68. The Morgan fingerprint density at radius 1 is 1.67 bits per heavy atom. The van der Waals surface area contributed by atoms with E-state index in [1.165, 1.54) is 5.01 Å². The van der Waals surface area contributed by atoms with Crippen molar-refractivity contribution in [3.05, 3.63) is 0 Å². The van der Waals surface area contributed by atoms with Crippen LogP contribution in [0, 0.1) is 0 Å². The van der Waals surface area contributed by atoms with Crippen LogP contribution in [0.2, 0.25) is 0 Å². The number of carbonyl (C=O) groups is 1. The van der Waals surface area contributed by atoms with E-state index >= 15 is 0 Å². The molecule has 0 aromatic heterocycles. The number of nitrogens with zero attached hydrogens (tertiary/aromatic N) is 3. The van der Waals surface area contributed by atoms with Crippen molar-refractivity contribution in [2.45, 2.75) is 19.4 Å². The standard InChI is InChI=1S/C7H12N4O/c1-5-3-6-7(12)10(2)8-4-11(6)9-5/h6,8H,3-4H2,1-2H3. The molecule has 2 heterocycles. The molecular formula is C7H12N4O. The normalized spacial score (nSPS) is 29.0. The minimum atomic E-state index is -0.0590. The maximum absolute atomic E-state index is 11.5. The van der Waals surface area contributed by atoms with Gasteiger partial charge in [0.25, 0.3) is 5.91 Å². The Morgan fingerprint density at radius 2 is 2.42 bits per heavy atom. The lowest BCUT2D eigenvalue weighted by molar-refractivity contribution is -0.144. The first-order valence-corrected chi connectivity index (χ1v) is 4.00. The topological polar surface area (TPSA) is 47.9 Å².